The first kappa shape index (κ1) is 20.1. The first-order valence-electron chi connectivity index (χ1n) is 8.98. The Bertz CT molecular complexity index is 729. The lowest BCUT2D eigenvalue weighted by Crippen LogP contribution is -2.44. The van der Waals surface area contributed by atoms with Gasteiger partial charge in [0.15, 0.2) is 0 Å². The van der Waals surface area contributed by atoms with Gasteiger partial charge in [-0.05, 0) is 80.2 Å². The van der Waals surface area contributed by atoms with Crippen LogP contribution in [-0.4, -0.2) is 8.32 Å². The molecule has 0 aromatic heterocycles. The summed E-state index contributed by atoms with van der Waals surface area (Å²) in [6, 6.07) is 10.6. The fourth-order valence-electron chi connectivity index (χ4n) is 2.56. The van der Waals surface area contributed by atoms with Crippen LogP contribution in [0.1, 0.15) is 43.0 Å². The minimum Gasteiger partial charge on any atom is -0.543 e. The van der Waals surface area contributed by atoms with Crippen LogP contribution in [0, 0.1) is 27.7 Å². The first-order valence-corrected chi connectivity index (χ1v) is 12.7. The Morgan fingerprint density at radius 3 is 1.72 bits per heavy atom. The van der Waals surface area contributed by atoms with Gasteiger partial charge in [0.2, 0.25) is 0 Å². The third kappa shape index (κ3) is 4.14. The Morgan fingerprint density at radius 2 is 1.28 bits per heavy atom. The molecule has 0 aliphatic rings. The van der Waals surface area contributed by atoms with Crippen LogP contribution in [0.3, 0.4) is 0 Å². The lowest BCUT2D eigenvalue weighted by Gasteiger charge is -2.38. The second-order valence-corrected chi connectivity index (χ2v) is 14.2. The highest BCUT2D eigenvalue weighted by Crippen LogP contribution is 2.44. The molecule has 0 radical (unpaired) electrons. The van der Waals surface area contributed by atoms with E-state index in [1.807, 2.05) is 11.8 Å². The Morgan fingerprint density at radius 1 is 0.800 bits per heavy atom. The molecule has 2 rings (SSSR count). The van der Waals surface area contributed by atoms with Crippen molar-refractivity contribution < 1.29 is 4.43 Å². The van der Waals surface area contributed by atoms with E-state index < -0.39 is 8.32 Å². The highest BCUT2D eigenvalue weighted by molar-refractivity contribution is 7.99. The van der Waals surface area contributed by atoms with Crippen molar-refractivity contribution in [2.75, 3.05) is 0 Å². The maximum atomic E-state index is 6.72. The Labute approximate surface area is 159 Å². The number of hydrogen-bond donors (Lipinski definition) is 0. The summed E-state index contributed by atoms with van der Waals surface area (Å²) in [6.45, 7) is 20.4. The van der Waals surface area contributed by atoms with Crippen molar-refractivity contribution in [1.82, 2.24) is 0 Å². The van der Waals surface area contributed by atoms with Crippen molar-refractivity contribution in [2.24, 2.45) is 0 Å². The van der Waals surface area contributed by atoms with E-state index in [0.717, 1.165) is 5.75 Å². The van der Waals surface area contributed by atoms with Crippen molar-refractivity contribution >= 4 is 20.1 Å². The van der Waals surface area contributed by atoms with E-state index in [4.69, 9.17) is 4.43 Å². The smallest absolute Gasteiger partial charge is 0.250 e. The topological polar surface area (TPSA) is 9.23 Å². The van der Waals surface area contributed by atoms with Crippen LogP contribution in [0.4, 0.5) is 0 Å². The average Bonchev–Trinajstić information content (AvgIpc) is 2.54. The van der Waals surface area contributed by atoms with Crippen molar-refractivity contribution in [1.29, 1.82) is 0 Å². The standard InChI is InChI=1S/C22H32OSSi/c1-15-17(3)21(24-19-13-11-10-12-14-19)18(4)16(2)20(15)23-25(8,9)22(5,6)7/h10-14H,1-9H3. The Hall–Kier alpha value is -1.19. The van der Waals surface area contributed by atoms with E-state index >= 15 is 0 Å². The van der Waals surface area contributed by atoms with Gasteiger partial charge in [0.1, 0.15) is 5.75 Å². The van der Waals surface area contributed by atoms with Gasteiger partial charge in [-0.1, -0.05) is 50.7 Å². The molecule has 0 atom stereocenters. The maximum absolute atomic E-state index is 6.72. The highest BCUT2D eigenvalue weighted by Gasteiger charge is 2.39. The van der Waals surface area contributed by atoms with Gasteiger partial charge in [0, 0.05) is 9.79 Å². The zero-order valence-corrected chi connectivity index (χ0v) is 19.0. The lowest BCUT2D eigenvalue weighted by atomic mass is 10.00. The van der Waals surface area contributed by atoms with Gasteiger partial charge >= 0.3 is 0 Å². The van der Waals surface area contributed by atoms with E-state index in [0.29, 0.717) is 0 Å². The molecule has 0 amide bonds. The van der Waals surface area contributed by atoms with Crippen LogP contribution in [0.25, 0.3) is 0 Å². The molecule has 136 valence electrons. The van der Waals surface area contributed by atoms with E-state index in [-0.39, 0.29) is 5.04 Å². The van der Waals surface area contributed by atoms with E-state index in [2.05, 4.69) is 91.9 Å². The van der Waals surface area contributed by atoms with E-state index in [9.17, 15) is 0 Å². The molecular weight excluding hydrogens is 340 g/mol. The fourth-order valence-corrected chi connectivity index (χ4v) is 4.83. The summed E-state index contributed by atoms with van der Waals surface area (Å²) in [5.41, 5.74) is 5.24. The van der Waals surface area contributed by atoms with Gasteiger partial charge in [-0.25, -0.2) is 0 Å². The quantitative estimate of drug-likeness (QED) is 0.515. The number of rotatable bonds is 4. The third-order valence-corrected chi connectivity index (χ3v) is 11.3. The molecule has 2 aromatic carbocycles. The molecule has 0 aliphatic heterocycles. The van der Waals surface area contributed by atoms with Gasteiger partial charge in [-0.2, -0.15) is 0 Å². The molecular formula is C22H32OSSi. The largest absolute Gasteiger partial charge is 0.543 e. The summed E-state index contributed by atoms with van der Waals surface area (Å²) in [6.07, 6.45) is 0. The summed E-state index contributed by atoms with van der Waals surface area (Å²) < 4.78 is 6.72. The van der Waals surface area contributed by atoms with Gasteiger partial charge < -0.3 is 4.43 Å². The molecule has 0 bridgehead atoms. The molecule has 0 fully saturated rings. The molecule has 2 aromatic rings. The van der Waals surface area contributed by atoms with Crippen LogP contribution in [-0.2, 0) is 0 Å². The minimum absolute atomic E-state index is 0.200. The summed E-state index contributed by atoms with van der Waals surface area (Å²) in [5, 5.41) is 0.200. The summed E-state index contributed by atoms with van der Waals surface area (Å²) in [5.74, 6) is 1.11. The molecule has 0 saturated carbocycles. The van der Waals surface area contributed by atoms with Gasteiger partial charge in [0.05, 0.1) is 0 Å². The van der Waals surface area contributed by atoms with E-state index in [1.54, 1.807) is 0 Å². The molecule has 0 unspecified atom stereocenters. The zero-order valence-electron chi connectivity index (χ0n) is 17.2. The highest BCUT2D eigenvalue weighted by atomic mass is 32.2. The second-order valence-electron chi connectivity index (χ2n) is 8.44. The lowest BCUT2D eigenvalue weighted by molar-refractivity contribution is 0.484. The molecule has 0 N–H and O–H groups in total. The predicted octanol–water partition coefficient (Wildman–Crippen LogP) is 7.46. The summed E-state index contributed by atoms with van der Waals surface area (Å²) in [7, 11) is -1.85. The van der Waals surface area contributed by atoms with Crippen LogP contribution in [0.5, 0.6) is 5.75 Å². The molecule has 25 heavy (non-hydrogen) atoms. The van der Waals surface area contributed by atoms with Crippen molar-refractivity contribution in [2.45, 2.75) is 76.4 Å². The predicted molar refractivity (Wildman–Crippen MR) is 114 cm³/mol. The molecule has 1 nitrogen and oxygen atoms in total. The molecule has 0 spiro atoms. The Balaban J connectivity index is 2.49. The maximum Gasteiger partial charge on any atom is 0.250 e. The van der Waals surface area contributed by atoms with Crippen LogP contribution in [0.15, 0.2) is 40.1 Å². The Kier molecular flexibility index (Phi) is 5.80. The molecule has 0 heterocycles. The van der Waals surface area contributed by atoms with Gasteiger partial charge in [-0.15, -0.1) is 0 Å². The van der Waals surface area contributed by atoms with Crippen molar-refractivity contribution in [3.05, 3.63) is 52.6 Å². The monoisotopic (exact) mass is 372 g/mol. The minimum atomic E-state index is -1.85. The van der Waals surface area contributed by atoms with Gasteiger partial charge in [0.25, 0.3) is 8.32 Å². The van der Waals surface area contributed by atoms with Crippen LogP contribution < -0.4 is 4.43 Å². The average molecular weight is 373 g/mol. The van der Waals surface area contributed by atoms with Gasteiger partial charge in [-0.3, -0.25) is 0 Å². The number of benzene rings is 2. The summed E-state index contributed by atoms with van der Waals surface area (Å²) in [4.78, 5) is 2.65. The molecule has 3 heteroatoms. The normalized spacial score (nSPS) is 12.4. The molecule has 0 saturated heterocycles. The molecule has 0 aliphatic carbocycles. The second kappa shape index (κ2) is 7.20. The summed E-state index contributed by atoms with van der Waals surface area (Å²) >= 11 is 1.86. The fraction of sp³-hybridized carbons (Fsp3) is 0.455. The zero-order chi connectivity index (χ0) is 19.0. The number of hydrogen-bond acceptors (Lipinski definition) is 2. The van der Waals surface area contributed by atoms with E-state index in [1.165, 1.54) is 32.0 Å². The first-order chi connectivity index (χ1) is 11.5. The van der Waals surface area contributed by atoms with Crippen molar-refractivity contribution in [3.8, 4) is 5.75 Å². The van der Waals surface area contributed by atoms with Crippen LogP contribution in [0.2, 0.25) is 18.1 Å². The van der Waals surface area contributed by atoms with Crippen molar-refractivity contribution in [3.63, 3.8) is 0 Å². The third-order valence-electron chi connectivity index (χ3n) is 5.61. The SMILES string of the molecule is Cc1c(C)c(Sc2ccccc2)c(C)c(C)c1O[Si](C)(C)C(C)(C)C. The van der Waals surface area contributed by atoms with Crippen LogP contribution >= 0.6 is 11.8 Å².